The van der Waals surface area contributed by atoms with Gasteiger partial charge in [-0.1, -0.05) is 29.8 Å². The van der Waals surface area contributed by atoms with Crippen molar-refractivity contribution in [2.24, 2.45) is 0 Å². The van der Waals surface area contributed by atoms with Gasteiger partial charge in [-0.25, -0.2) is 13.1 Å². The maximum absolute atomic E-state index is 12.2. The van der Waals surface area contributed by atoms with Crippen molar-refractivity contribution in [1.82, 2.24) is 10.0 Å². The lowest BCUT2D eigenvalue weighted by molar-refractivity contribution is 0.581. The normalized spacial score (nSPS) is 11.7. The summed E-state index contributed by atoms with van der Waals surface area (Å²) in [5.41, 5.74) is 2.08. The van der Waals surface area contributed by atoms with E-state index >= 15 is 0 Å². The van der Waals surface area contributed by atoms with Crippen molar-refractivity contribution >= 4 is 21.4 Å². The minimum atomic E-state index is -3.44. The number of nitrogens with one attached hydrogen (secondary N) is 2. The Bertz CT molecular complexity index is 678. The lowest BCUT2D eigenvalue weighted by Gasteiger charge is -2.05. The van der Waals surface area contributed by atoms with Crippen molar-refractivity contribution in [3.05, 3.63) is 51.7 Å². The van der Waals surface area contributed by atoms with Gasteiger partial charge in [0.1, 0.15) is 0 Å². The standard InChI is InChI=1S/C14H18N2O2S2/c1-11-4-3-5-12(6-11)8-16-20(17,18)14-7-13(9-15-2)19-10-14/h3-7,10,15-16H,8-9H2,1-2H3. The Morgan fingerprint density at radius 2 is 2.00 bits per heavy atom. The highest BCUT2D eigenvalue weighted by Gasteiger charge is 2.15. The molecule has 0 saturated heterocycles. The first kappa shape index (κ1) is 15.2. The molecule has 0 aliphatic carbocycles. The summed E-state index contributed by atoms with van der Waals surface area (Å²) in [5.74, 6) is 0. The lowest BCUT2D eigenvalue weighted by Crippen LogP contribution is -2.22. The summed E-state index contributed by atoms with van der Waals surface area (Å²) in [7, 11) is -1.60. The van der Waals surface area contributed by atoms with Crippen LogP contribution in [0.2, 0.25) is 0 Å². The van der Waals surface area contributed by atoms with Gasteiger partial charge in [-0.2, -0.15) is 0 Å². The third kappa shape index (κ3) is 3.89. The van der Waals surface area contributed by atoms with E-state index in [4.69, 9.17) is 0 Å². The Morgan fingerprint density at radius 3 is 2.70 bits per heavy atom. The van der Waals surface area contributed by atoms with Crippen LogP contribution in [0.25, 0.3) is 0 Å². The molecule has 0 spiro atoms. The first-order valence-corrected chi connectivity index (χ1v) is 8.65. The van der Waals surface area contributed by atoms with Crippen LogP contribution in [0, 0.1) is 6.92 Å². The molecular formula is C14H18N2O2S2. The Balaban J connectivity index is 2.06. The fourth-order valence-corrected chi connectivity index (χ4v) is 4.16. The van der Waals surface area contributed by atoms with Gasteiger partial charge in [0.2, 0.25) is 10.0 Å². The molecule has 0 unspecified atom stereocenters. The minimum Gasteiger partial charge on any atom is -0.315 e. The van der Waals surface area contributed by atoms with Gasteiger partial charge in [-0.05, 0) is 25.6 Å². The van der Waals surface area contributed by atoms with E-state index in [-0.39, 0.29) is 0 Å². The highest BCUT2D eigenvalue weighted by molar-refractivity contribution is 7.89. The average Bonchev–Trinajstić information content (AvgIpc) is 2.87. The van der Waals surface area contributed by atoms with Gasteiger partial charge in [0.25, 0.3) is 0 Å². The molecule has 0 atom stereocenters. The molecule has 108 valence electrons. The quantitative estimate of drug-likeness (QED) is 0.860. The first-order valence-electron chi connectivity index (χ1n) is 6.28. The monoisotopic (exact) mass is 310 g/mol. The summed E-state index contributed by atoms with van der Waals surface area (Å²) >= 11 is 1.44. The van der Waals surface area contributed by atoms with Crippen LogP contribution in [0.5, 0.6) is 0 Å². The van der Waals surface area contributed by atoms with Gasteiger partial charge >= 0.3 is 0 Å². The fourth-order valence-electron chi connectivity index (χ4n) is 1.85. The molecule has 0 saturated carbocycles. The second-order valence-electron chi connectivity index (χ2n) is 4.59. The van der Waals surface area contributed by atoms with Crippen LogP contribution in [0.4, 0.5) is 0 Å². The van der Waals surface area contributed by atoms with Gasteiger partial charge in [0, 0.05) is 23.3 Å². The Labute approximate surface area is 123 Å². The highest BCUT2D eigenvalue weighted by atomic mass is 32.2. The number of hydrogen-bond acceptors (Lipinski definition) is 4. The van der Waals surface area contributed by atoms with Crippen LogP contribution in [0.1, 0.15) is 16.0 Å². The number of sulfonamides is 1. The van der Waals surface area contributed by atoms with Crippen molar-refractivity contribution in [3.8, 4) is 0 Å². The average molecular weight is 310 g/mol. The van der Waals surface area contributed by atoms with Crippen LogP contribution < -0.4 is 10.0 Å². The van der Waals surface area contributed by atoms with E-state index in [0.717, 1.165) is 16.0 Å². The van der Waals surface area contributed by atoms with E-state index < -0.39 is 10.0 Å². The summed E-state index contributed by atoms with van der Waals surface area (Å²) in [5, 5.41) is 4.68. The van der Waals surface area contributed by atoms with Crippen LogP contribution in [-0.4, -0.2) is 15.5 Å². The maximum Gasteiger partial charge on any atom is 0.241 e. The van der Waals surface area contributed by atoms with E-state index in [0.29, 0.717) is 18.0 Å². The van der Waals surface area contributed by atoms with E-state index in [9.17, 15) is 8.42 Å². The molecule has 1 aromatic carbocycles. The van der Waals surface area contributed by atoms with E-state index in [1.54, 1.807) is 11.4 Å². The fraction of sp³-hybridized carbons (Fsp3) is 0.286. The van der Waals surface area contributed by atoms with Crippen molar-refractivity contribution < 1.29 is 8.42 Å². The Morgan fingerprint density at radius 1 is 1.20 bits per heavy atom. The minimum absolute atomic E-state index is 0.307. The zero-order valence-corrected chi connectivity index (χ0v) is 13.1. The molecule has 6 heteroatoms. The molecular weight excluding hydrogens is 292 g/mol. The molecule has 1 heterocycles. The van der Waals surface area contributed by atoms with Crippen LogP contribution in [-0.2, 0) is 23.1 Å². The Kier molecular flexibility index (Phi) is 4.93. The predicted octanol–water partition coefficient (Wildman–Crippen LogP) is 2.25. The molecule has 4 nitrogen and oxygen atoms in total. The van der Waals surface area contributed by atoms with Crippen molar-refractivity contribution in [2.45, 2.75) is 24.9 Å². The molecule has 2 rings (SSSR count). The second kappa shape index (κ2) is 6.49. The van der Waals surface area contributed by atoms with E-state index in [1.165, 1.54) is 11.3 Å². The Hall–Kier alpha value is -1.21. The van der Waals surface area contributed by atoms with Crippen molar-refractivity contribution in [1.29, 1.82) is 0 Å². The lowest BCUT2D eigenvalue weighted by atomic mass is 10.1. The summed E-state index contributed by atoms with van der Waals surface area (Å²) in [6.45, 7) is 2.97. The summed E-state index contributed by atoms with van der Waals surface area (Å²) in [6.07, 6.45) is 0. The zero-order chi connectivity index (χ0) is 14.6. The third-order valence-corrected chi connectivity index (χ3v) is 5.31. The van der Waals surface area contributed by atoms with Crippen LogP contribution in [0.15, 0.2) is 40.6 Å². The molecule has 0 aliphatic heterocycles. The van der Waals surface area contributed by atoms with Gasteiger partial charge in [0.15, 0.2) is 0 Å². The topological polar surface area (TPSA) is 58.2 Å². The molecule has 2 N–H and O–H groups in total. The summed E-state index contributed by atoms with van der Waals surface area (Å²) in [6, 6.07) is 9.51. The largest absolute Gasteiger partial charge is 0.315 e. The maximum atomic E-state index is 12.2. The van der Waals surface area contributed by atoms with Crippen LogP contribution >= 0.6 is 11.3 Å². The van der Waals surface area contributed by atoms with E-state index in [2.05, 4.69) is 10.0 Å². The highest BCUT2D eigenvalue weighted by Crippen LogP contribution is 2.19. The molecule has 20 heavy (non-hydrogen) atoms. The van der Waals surface area contributed by atoms with Crippen molar-refractivity contribution in [3.63, 3.8) is 0 Å². The first-order chi connectivity index (χ1) is 9.51. The number of thiophene rings is 1. The molecule has 1 aromatic heterocycles. The summed E-state index contributed by atoms with van der Waals surface area (Å²) < 4.78 is 27.0. The molecule has 2 aromatic rings. The molecule has 0 aliphatic rings. The van der Waals surface area contributed by atoms with E-state index in [1.807, 2.05) is 38.2 Å². The number of rotatable bonds is 6. The van der Waals surface area contributed by atoms with Gasteiger partial charge in [0.05, 0.1) is 4.90 Å². The van der Waals surface area contributed by atoms with Gasteiger partial charge in [-0.3, -0.25) is 0 Å². The second-order valence-corrected chi connectivity index (χ2v) is 7.36. The van der Waals surface area contributed by atoms with Gasteiger partial charge in [-0.15, -0.1) is 11.3 Å². The van der Waals surface area contributed by atoms with Crippen LogP contribution in [0.3, 0.4) is 0 Å². The molecule has 0 fully saturated rings. The van der Waals surface area contributed by atoms with Gasteiger partial charge < -0.3 is 5.32 Å². The molecule has 0 bridgehead atoms. The van der Waals surface area contributed by atoms with Crippen molar-refractivity contribution in [2.75, 3.05) is 7.05 Å². The SMILES string of the molecule is CNCc1cc(S(=O)(=O)NCc2cccc(C)c2)cs1. The number of aryl methyl sites for hydroxylation is 1. The predicted molar refractivity (Wildman–Crippen MR) is 82.3 cm³/mol. The smallest absolute Gasteiger partial charge is 0.241 e. The third-order valence-electron chi connectivity index (χ3n) is 2.84. The molecule has 0 amide bonds. The molecule has 0 radical (unpaired) electrons. The zero-order valence-electron chi connectivity index (χ0n) is 11.5. The number of benzene rings is 1. The summed E-state index contributed by atoms with van der Waals surface area (Å²) in [4.78, 5) is 1.34. The number of hydrogen-bond donors (Lipinski definition) is 2.